The fraction of sp³-hybridized carbons (Fsp3) is 0.837. The van der Waals surface area contributed by atoms with Crippen LogP contribution >= 0.6 is 7.82 Å². The van der Waals surface area contributed by atoms with Gasteiger partial charge in [0.15, 0.2) is 6.10 Å². The van der Waals surface area contributed by atoms with E-state index < -0.39 is 51.8 Å². The van der Waals surface area contributed by atoms with E-state index in [0.717, 1.165) is 70.6 Å². The van der Waals surface area contributed by atoms with Crippen LogP contribution in [-0.2, 0) is 32.7 Å². The van der Waals surface area contributed by atoms with Crippen molar-refractivity contribution >= 4 is 19.8 Å². The van der Waals surface area contributed by atoms with Gasteiger partial charge in [0.05, 0.1) is 19.8 Å². The van der Waals surface area contributed by atoms with Gasteiger partial charge in [-0.2, -0.15) is 0 Å². The first-order valence-electron chi connectivity index (χ1n) is 24.4. The number of aliphatic hydroxyl groups is 2. The first kappa shape index (κ1) is 58.2. The first-order chi connectivity index (χ1) is 29.2. The van der Waals surface area contributed by atoms with E-state index in [9.17, 15) is 24.2 Å². The molecule has 0 aromatic carbocycles. The maximum absolute atomic E-state index is 12.7. The van der Waals surface area contributed by atoms with Crippen molar-refractivity contribution in [2.75, 3.05) is 26.4 Å². The van der Waals surface area contributed by atoms with Crippen LogP contribution in [0.2, 0.25) is 0 Å². The number of phosphoric ester groups is 1. The minimum Gasteiger partial charge on any atom is -0.462 e. The number of unbranched alkanes of at least 4 members (excludes halogenated alkanes) is 26. The first-order valence-corrected chi connectivity index (χ1v) is 25.9. The molecule has 60 heavy (non-hydrogen) atoms. The maximum Gasteiger partial charge on any atom is 0.472 e. The van der Waals surface area contributed by atoms with E-state index in [1.165, 1.54) is 116 Å². The lowest BCUT2D eigenvalue weighted by atomic mass is 10.0. The van der Waals surface area contributed by atoms with Gasteiger partial charge in [-0.1, -0.05) is 198 Å². The van der Waals surface area contributed by atoms with Crippen LogP contribution in [0.25, 0.3) is 0 Å². The molecule has 10 nitrogen and oxygen atoms in total. The van der Waals surface area contributed by atoms with Crippen molar-refractivity contribution in [3.63, 3.8) is 0 Å². The molecule has 0 heterocycles. The molecule has 0 fully saturated rings. The van der Waals surface area contributed by atoms with E-state index in [1.54, 1.807) is 0 Å². The Balaban J connectivity index is 4.23. The molecule has 0 rings (SSSR count). The van der Waals surface area contributed by atoms with Crippen molar-refractivity contribution in [1.82, 2.24) is 0 Å². The van der Waals surface area contributed by atoms with Crippen molar-refractivity contribution in [3.05, 3.63) is 36.5 Å². The summed E-state index contributed by atoms with van der Waals surface area (Å²) in [4.78, 5) is 35.1. The third-order valence-corrected chi connectivity index (χ3v) is 11.5. The Morgan fingerprint density at radius 1 is 0.500 bits per heavy atom. The molecule has 0 aliphatic carbocycles. The van der Waals surface area contributed by atoms with Gasteiger partial charge in [0.25, 0.3) is 0 Å². The zero-order chi connectivity index (χ0) is 44.0. The molecular weight excluding hydrogens is 780 g/mol. The summed E-state index contributed by atoms with van der Waals surface area (Å²) in [5.74, 6) is -0.930. The largest absolute Gasteiger partial charge is 0.472 e. The van der Waals surface area contributed by atoms with E-state index in [4.69, 9.17) is 23.6 Å². The molecule has 0 saturated carbocycles. The molecule has 0 bridgehead atoms. The van der Waals surface area contributed by atoms with Crippen LogP contribution in [0.15, 0.2) is 36.5 Å². The molecule has 0 spiro atoms. The highest BCUT2D eigenvalue weighted by Gasteiger charge is 2.27. The van der Waals surface area contributed by atoms with Gasteiger partial charge in [0.2, 0.25) is 0 Å². The Morgan fingerprint density at radius 3 is 1.33 bits per heavy atom. The fourth-order valence-electron chi connectivity index (χ4n) is 6.77. The summed E-state index contributed by atoms with van der Waals surface area (Å²) >= 11 is 0. The third-order valence-electron chi connectivity index (χ3n) is 10.5. The van der Waals surface area contributed by atoms with Gasteiger partial charge in [-0.3, -0.25) is 18.6 Å². The molecular formula is C49H91O10P. The van der Waals surface area contributed by atoms with Gasteiger partial charge in [-0.05, 0) is 51.4 Å². The SMILES string of the molecule is CCCCC/C=C\C/C=C\C/C=C\CCCCCCCCC(=O)OC(COC(=O)CCCCCCCCCCCCCCCCCCCC)COP(=O)(O)OCC(O)CO. The number of phosphoric acid groups is 1. The topological polar surface area (TPSA) is 149 Å². The predicted molar refractivity (Wildman–Crippen MR) is 247 cm³/mol. The lowest BCUT2D eigenvalue weighted by Crippen LogP contribution is -2.29. The van der Waals surface area contributed by atoms with Gasteiger partial charge in [0.1, 0.15) is 12.7 Å². The molecule has 0 aliphatic heterocycles. The second-order valence-electron chi connectivity index (χ2n) is 16.5. The average molecular weight is 871 g/mol. The Labute approximate surface area is 367 Å². The Bertz CT molecular complexity index is 1090. The Hall–Kier alpha value is -1.81. The van der Waals surface area contributed by atoms with Gasteiger partial charge in [-0.15, -0.1) is 0 Å². The highest BCUT2D eigenvalue weighted by Crippen LogP contribution is 2.43. The summed E-state index contributed by atoms with van der Waals surface area (Å²) in [7, 11) is -4.62. The lowest BCUT2D eigenvalue weighted by molar-refractivity contribution is -0.161. The van der Waals surface area contributed by atoms with Crippen molar-refractivity contribution in [1.29, 1.82) is 0 Å². The smallest absolute Gasteiger partial charge is 0.462 e. The van der Waals surface area contributed by atoms with E-state index in [2.05, 4.69) is 50.3 Å². The van der Waals surface area contributed by atoms with Crippen LogP contribution in [0.5, 0.6) is 0 Å². The molecule has 0 aromatic heterocycles. The number of hydrogen-bond donors (Lipinski definition) is 3. The van der Waals surface area contributed by atoms with Crippen molar-refractivity contribution in [3.8, 4) is 0 Å². The van der Waals surface area contributed by atoms with Crippen LogP contribution in [0, 0.1) is 0 Å². The van der Waals surface area contributed by atoms with Crippen molar-refractivity contribution in [2.45, 2.75) is 238 Å². The average Bonchev–Trinajstić information content (AvgIpc) is 3.24. The van der Waals surface area contributed by atoms with E-state index in [-0.39, 0.29) is 19.4 Å². The Kier molecular flexibility index (Phi) is 43.9. The number of esters is 2. The second-order valence-corrected chi connectivity index (χ2v) is 17.9. The number of allylic oxidation sites excluding steroid dienone is 6. The van der Waals surface area contributed by atoms with Gasteiger partial charge in [0, 0.05) is 12.8 Å². The van der Waals surface area contributed by atoms with Gasteiger partial charge >= 0.3 is 19.8 Å². The van der Waals surface area contributed by atoms with E-state index in [1.807, 2.05) is 0 Å². The minimum absolute atomic E-state index is 0.171. The molecule has 0 radical (unpaired) electrons. The predicted octanol–water partition coefficient (Wildman–Crippen LogP) is 13.5. The van der Waals surface area contributed by atoms with Gasteiger partial charge < -0.3 is 24.6 Å². The molecule has 352 valence electrons. The number of ether oxygens (including phenoxy) is 2. The van der Waals surface area contributed by atoms with Gasteiger partial charge in [-0.25, -0.2) is 4.57 Å². The van der Waals surface area contributed by atoms with Crippen molar-refractivity contribution in [2.24, 2.45) is 0 Å². The molecule has 11 heteroatoms. The Morgan fingerprint density at radius 2 is 0.867 bits per heavy atom. The highest BCUT2D eigenvalue weighted by molar-refractivity contribution is 7.47. The van der Waals surface area contributed by atoms with Crippen LogP contribution in [0.1, 0.15) is 226 Å². The lowest BCUT2D eigenvalue weighted by Gasteiger charge is -2.20. The third kappa shape index (κ3) is 44.3. The van der Waals surface area contributed by atoms with Crippen LogP contribution < -0.4 is 0 Å². The van der Waals surface area contributed by atoms with E-state index in [0.29, 0.717) is 12.8 Å². The monoisotopic (exact) mass is 871 g/mol. The fourth-order valence-corrected chi connectivity index (χ4v) is 7.56. The highest BCUT2D eigenvalue weighted by atomic mass is 31.2. The number of aliphatic hydroxyl groups excluding tert-OH is 2. The normalized spacial score (nSPS) is 14.0. The molecule has 3 atom stereocenters. The summed E-state index contributed by atoms with van der Waals surface area (Å²) < 4.78 is 32.8. The molecule has 3 unspecified atom stereocenters. The maximum atomic E-state index is 12.7. The summed E-state index contributed by atoms with van der Waals surface area (Å²) in [5, 5.41) is 18.4. The summed E-state index contributed by atoms with van der Waals surface area (Å²) in [6.07, 6.45) is 48.2. The zero-order valence-electron chi connectivity index (χ0n) is 38.4. The van der Waals surface area contributed by atoms with E-state index >= 15 is 0 Å². The van der Waals surface area contributed by atoms with Crippen LogP contribution in [0.3, 0.4) is 0 Å². The number of hydrogen-bond acceptors (Lipinski definition) is 9. The molecule has 0 amide bonds. The molecule has 0 aromatic rings. The molecule has 0 saturated heterocycles. The minimum atomic E-state index is -4.62. The number of rotatable bonds is 46. The summed E-state index contributed by atoms with van der Waals surface area (Å²) in [6.45, 7) is 2.37. The zero-order valence-corrected chi connectivity index (χ0v) is 39.3. The standard InChI is InChI=1S/C49H91O10P/c1-3-5-7-9-11-13-15-17-19-21-23-25-27-29-31-33-35-37-39-41-49(53)59-47(45-58-60(54,55)57-43-46(51)42-50)44-56-48(52)40-38-36-34-32-30-28-26-24-22-20-18-16-14-12-10-8-6-4-2/h11,13,17,19,23,25,46-47,50-51H,3-10,12,14-16,18,20-22,24,26-45H2,1-2H3,(H,54,55)/b13-11-,19-17-,25-23-. The summed E-state index contributed by atoms with van der Waals surface area (Å²) in [5.41, 5.74) is 0. The quantitative estimate of drug-likeness (QED) is 0.0234. The molecule has 3 N–H and O–H groups in total. The van der Waals surface area contributed by atoms with Crippen molar-refractivity contribution < 1.29 is 47.8 Å². The summed E-state index contributed by atoms with van der Waals surface area (Å²) in [6, 6.07) is 0. The number of carbonyl (C=O) groups is 2. The number of carbonyl (C=O) groups excluding carboxylic acids is 2. The molecule has 0 aliphatic rings. The van der Waals surface area contributed by atoms with Crippen LogP contribution in [-0.4, -0.2) is 65.7 Å². The van der Waals surface area contributed by atoms with Crippen LogP contribution in [0.4, 0.5) is 0 Å². The second kappa shape index (κ2) is 45.2.